The van der Waals surface area contributed by atoms with E-state index >= 15 is 0 Å². The minimum atomic E-state index is -3.53. The fraction of sp³-hybridized carbons (Fsp3) is 0.500. The molecule has 1 N–H and O–H groups in total. The number of alkyl halides is 2. The second-order valence-corrected chi connectivity index (χ2v) is 5.51. The number of halogens is 2. The Labute approximate surface area is 138 Å². The summed E-state index contributed by atoms with van der Waals surface area (Å²) in [5.41, 5.74) is -0.452. The lowest BCUT2D eigenvalue weighted by Gasteiger charge is -2.24. The molecular weight excluding hydrogens is 322 g/mol. The van der Waals surface area contributed by atoms with Crippen LogP contribution in [0, 0.1) is 0 Å². The highest BCUT2D eigenvalue weighted by Crippen LogP contribution is 2.44. The van der Waals surface area contributed by atoms with Crippen molar-refractivity contribution in [1.29, 1.82) is 0 Å². The number of hydrogen-bond donors (Lipinski definition) is 1. The maximum atomic E-state index is 14.7. The second kappa shape index (κ2) is 7.33. The van der Waals surface area contributed by atoms with Gasteiger partial charge in [0.2, 0.25) is 6.23 Å². The summed E-state index contributed by atoms with van der Waals surface area (Å²) in [5, 5.41) is 9.72. The molecule has 1 aromatic rings. The summed E-state index contributed by atoms with van der Waals surface area (Å²) in [7, 11) is 0. The van der Waals surface area contributed by atoms with Crippen molar-refractivity contribution in [2.45, 2.75) is 43.8 Å². The minimum Gasteiger partial charge on any atom is -0.391 e. The highest BCUT2D eigenvalue weighted by atomic mass is 19.3. The van der Waals surface area contributed by atoms with Gasteiger partial charge in [-0.25, -0.2) is 4.79 Å². The van der Waals surface area contributed by atoms with Gasteiger partial charge in [-0.05, 0) is 13.0 Å². The van der Waals surface area contributed by atoms with Crippen LogP contribution >= 0.6 is 0 Å². The SMILES string of the molecule is C=CCOC1C(C(C)O)OC(n2ccc(CC=C)nc2=O)C1(F)F. The number of aromatic nitrogens is 2. The minimum absolute atomic E-state index is 0.134. The average Bonchev–Trinajstić information content (AvgIpc) is 2.77. The second-order valence-electron chi connectivity index (χ2n) is 5.51. The fourth-order valence-electron chi connectivity index (χ4n) is 2.55. The number of ether oxygens (including phenoxy) is 2. The molecule has 1 fully saturated rings. The molecule has 132 valence electrons. The fourth-order valence-corrected chi connectivity index (χ4v) is 2.55. The summed E-state index contributed by atoms with van der Waals surface area (Å²) in [6, 6.07) is 1.44. The molecule has 1 aromatic heterocycles. The van der Waals surface area contributed by atoms with Crippen LogP contribution in [0.3, 0.4) is 0 Å². The Balaban J connectivity index is 2.37. The van der Waals surface area contributed by atoms with E-state index in [0.717, 1.165) is 0 Å². The van der Waals surface area contributed by atoms with Crippen molar-refractivity contribution in [3.8, 4) is 0 Å². The van der Waals surface area contributed by atoms with E-state index < -0.39 is 36.2 Å². The first kappa shape index (κ1) is 18.4. The van der Waals surface area contributed by atoms with Gasteiger partial charge >= 0.3 is 11.6 Å². The van der Waals surface area contributed by atoms with Crippen molar-refractivity contribution in [3.05, 3.63) is 53.8 Å². The summed E-state index contributed by atoms with van der Waals surface area (Å²) < 4.78 is 40.5. The van der Waals surface area contributed by atoms with E-state index in [9.17, 15) is 18.7 Å². The molecule has 0 bridgehead atoms. The van der Waals surface area contributed by atoms with E-state index in [4.69, 9.17) is 9.47 Å². The standard InChI is InChI=1S/C16H20F2N2O4/c1-4-6-11-7-8-20(15(22)19-11)14-16(17,18)13(23-9-5-2)12(24-14)10(3)21/h4-5,7-8,10,12-14,21H,1-2,6,9H2,3H3. The zero-order valence-electron chi connectivity index (χ0n) is 13.3. The highest BCUT2D eigenvalue weighted by molar-refractivity contribution is 5.06. The molecule has 8 heteroatoms. The summed E-state index contributed by atoms with van der Waals surface area (Å²) in [5.74, 6) is -3.53. The first-order valence-corrected chi connectivity index (χ1v) is 7.45. The van der Waals surface area contributed by atoms with Crippen LogP contribution in [-0.4, -0.2) is 45.5 Å². The first-order valence-electron chi connectivity index (χ1n) is 7.45. The molecule has 1 aliphatic rings. The summed E-state index contributed by atoms with van der Waals surface area (Å²) in [6.07, 6.45) is -1.70. The van der Waals surface area contributed by atoms with Crippen molar-refractivity contribution in [2.75, 3.05) is 6.61 Å². The van der Waals surface area contributed by atoms with Gasteiger partial charge in [0, 0.05) is 12.6 Å². The third-order valence-electron chi connectivity index (χ3n) is 3.66. The van der Waals surface area contributed by atoms with E-state index in [1.807, 2.05) is 0 Å². The van der Waals surface area contributed by atoms with Crippen molar-refractivity contribution in [2.24, 2.45) is 0 Å². The lowest BCUT2D eigenvalue weighted by Crippen LogP contribution is -2.45. The normalized spacial score (nSPS) is 26.9. The third-order valence-corrected chi connectivity index (χ3v) is 3.66. The Morgan fingerprint density at radius 1 is 1.54 bits per heavy atom. The lowest BCUT2D eigenvalue weighted by molar-refractivity contribution is -0.151. The summed E-state index contributed by atoms with van der Waals surface area (Å²) in [4.78, 5) is 15.8. The van der Waals surface area contributed by atoms with E-state index in [1.165, 1.54) is 25.3 Å². The van der Waals surface area contributed by atoms with Crippen LogP contribution in [0.15, 0.2) is 42.4 Å². The molecule has 4 atom stereocenters. The Morgan fingerprint density at radius 3 is 2.79 bits per heavy atom. The van der Waals surface area contributed by atoms with Crippen molar-refractivity contribution in [1.82, 2.24) is 9.55 Å². The Hall–Kier alpha value is -1.90. The Kier molecular flexibility index (Phi) is 5.63. The number of nitrogens with zero attached hydrogens (tertiary/aromatic N) is 2. The zero-order valence-corrected chi connectivity index (χ0v) is 13.3. The van der Waals surface area contributed by atoms with Crippen molar-refractivity contribution in [3.63, 3.8) is 0 Å². The predicted octanol–water partition coefficient (Wildman–Crippen LogP) is 1.46. The molecule has 0 saturated carbocycles. The van der Waals surface area contributed by atoms with Gasteiger partial charge in [-0.2, -0.15) is 13.8 Å². The quantitative estimate of drug-likeness (QED) is 0.760. The molecule has 1 aliphatic heterocycles. The average molecular weight is 342 g/mol. The van der Waals surface area contributed by atoms with Crippen LogP contribution in [0.25, 0.3) is 0 Å². The van der Waals surface area contributed by atoms with Gasteiger partial charge in [-0.3, -0.25) is 4.57 Å². The molecule has 0 spiro atoms. The highest BCUT2D eigenvalue weighted by Gasteiger charge is 2.62. The molecule has 24 heavy (non-hydrogen) atoms. The van der Waals surface area contributed by atoms with E-state index in [2.05, 4.69) is 18.1 Å². The largest absolute Gasteiger partial charge is 0.391 e. The van der Waals surface area contributed by atoms with Gasteiger partial charge in [0.25, 0.3) is 0 Å². The first-order chi connectivity index (χ1) is 11.3. The predicted molar refractivity (Wildman–Crippen MR) is 82.9 cm³/mol. The molecule has 6 nitrogen and oxygen atoms in total. The molecule has 4 unspecified atom stereocenters. The van der Waals surface area contributed by atoms with Crippen LogP contribution in [0.5, 0.6) is 0 Å². The smallest absolute Gasteiger partial charge is 0.350 e. The van der Waals surface area contributed by atoms with Crippen LogP contribution in [0.1, 0.15) is 18.8 Å². The maximum Gasteiger partial charge on any atom is 0.350 e. The molecule has 2 heterocycles. The molecule has 0 radical (unpaired) electrons. The van der Waals surface area contributed by atoms with Crippen LogP contribution < -0.4 is 5.69 Å². The molecule has 0 aromatic carbocycles. The van der Waals surface area contributed by atoms with Crippen molar-refractivity contribution < 1.29 is 23.4 Å². The van der Waals surface area contributed by atoms with Crippen LogP contribution in [0.4, 0.5) is 8.78 Å². The third kappa shape index (κ3) is 3.45. The van der Waals surface area contributed by atoms with Gasteiger partial charge in [-0.1, -0.05) is 12.2 Å². The number of rotatable bonds is 7. The van der Waals surface area contributed by atoms with Crippen molar-refractivity contribution >= 4 is 0 Å². The van der Waals surface area contributed by atoms with Crippen LogP contribution in [0.2, 0.25) is 0 Å². The van der Waals surface area contributed by atoms with Gasteiger partial charge in [0.05, 0.1) is 18.4 Å². The maximum absolute atomic E-state index is 14.7. The number of allylic oxidation sites excluding steroid dienone is 1. The lowest BCUT2D eigenvalue weighted by atomic mass is 10.1. The summed E-state index contributed by atoms with van der Waals surface area (Å²) >= 11 is 0. The molecular formula is C16H20F2N2O4. The number of hydrogen-bond acceptors (Lipinski definition) is 5. The van der Waals surface area contributed by atoms with E-state index in [0.29, 0.717) is 16.7 Å². The van der Waals surface area contributed by atoms with Gasteiger partial charge in [0.1, 0.15) is 6.10 Å². The molecule has 0 aliphatic carbocycles. The van der Waals surface area contributed by atoms with E-state index in [1.54, 1.807) is 6.08 Å². The van der Waals surface area contributed by atoms with Gasteiger partial charge in [-0.15, -0.1) is 13.2 Å². The zero-order chi connectivity index (χ0) is 17.9. The summed E-state index contributed by atoms with van der Waals surface area (Å²) in [6.45, 7) is 8.13. The van der Waals surface area contributed by atoms with E-state index in [-0.39, 0.29) is 6.61 Å². The topological polar surface area (TPSA) is 73.6 Å². The molecule has 0 amide bonds. The molecule has 1 saturated heterocycles. The Morgan fingerprint density at radius 2 is 2.25 bits per heavy atom. The number of aliphatic hydroxyl groups excluding tert-OH is 1. The van der Waals surface area contributed by atoms with Crippen LogP contribution in [-0.2, 0) is 15.9 Å². The Bertz CT molecular complexity index is 660. The van der Waals surface area contributed by atoms with Gasteiger partial charge < -0.3 is 14.6 Å². The number of aliphatic hydroxyl groups is 1. The van der Waals surface area contributed by atoms with Gasteiger partial charge in [0.15, 0.2) is 6.10 Å². The molecule has 2 rings (SSSR count). The monoisotopic (exact) mass is 342 g/mol.